The largest absolute Gasteiger partial charge is 0.464 e. The zero-order chi connectivity index (χ0) is 14.5. The molecular weight excluding hydrogens is 268 g/mol. The second kappa shape index (κ2) is 6.09. The molecule has 1 aromatic heterocycles. The van der Waals surface area contributed by atoms with Crippen LogP contribution in [-0.2, 0) is 6.54 Å². The lowest BCUT2D eigenvalue weighted by Gasteiger charge is -2.08. The number of anilines is 2. The maximum atomic E-state index is 13.4. The third-order valence-electron chi connectivity index (χ3n) is 2.36. The van der Waals surface area contributed by atoms with Crippen molar-refractivity contribution < 1.29 is 13.5 Å². The van der Waals surface area contributed by atoms with Crippen LogP contribution in [0.3, 0.4) is 0 Å². The minimum atomic E-state index is -0.649. The van der Waals surface area contributed by atoms with Crippen molar-refractivity contribution in [3.8, 4) is 6.01 Å². The van der Waals surface area contributed by atoms with Crippen molar-refractivity contribution in [3.05, 3.63) is 35.4 Å². The predicted molar refractivity (Wildman–Crippen MR) is 69.1 cm³/mol. The van der Waals surface area contributed by atoms with Crippen LogP contribution in [0.15, 0.2) is 18.2 Å². The van der Waals surface area contributed by atoms with E-state index in [1.165, 1.54) is 12.1 Å². The zero-order valence-electron chi connectivity index (χ0n) is 10.7. The standard InChI is InChI=1S/C12H13F2N5O/c1-2-20-12-18-10(15)17-11(19-12)16-6-7-3-4-8(13)5-9(7)14/h3-5H,2,6H2,1H3,(H3,15,16,17,18,19). The van der Waals surface area contributed by atoms with Gasteiger partial charge >= 0.3 is 6.01 Å². The van der Waals surface area contributed by atoms with Gasteiger partial charge in [0.1, 0.15) is 11.6 Å². The fourth-order valence-electron chi connectivity index (χ4n) is 1.48. The molecule has 0 saturated heterocycles. The Balaban J connectivity index is 2.10. The van der Waals surface area contributed by atoms with Crippen LogP contribution in [0, 0.1) is 11.6 Å². The zero-order valence-corrected chi connectivity index (χ0v) is 10.7. The number of nitrogens with two attached hydrogens (primary N) is 1. The van der Waals surface area contributed by atoms with Gasteiger partial charge in [-0.25, -0.2) is 8.78 Å². The molecule has 0 bridgehead atoms. The van der Waals surface area contributed by atoms with Gasteiger partial charge in [-0.2, -0.15) is 15.0 Å². The summed E-state index contributed by atoms with van der Waals surface area (Å²) in [6.07, 6.45) is 0. The summed E-state index contributed by atoms with van der Waals surface area (Å²) in [6, 6.07) is 3.41. The Hall–Kier alpha value is -2.51. The van der Waals surface area contributed by atoms with Crippen molar-refractivity contribution in [2.75, 3.05) is 17.7 Å². The van der Waals surface area contributed by atoms with Gasteiger partial charge in [-0.3, -0.25) is 0 Å². The van der Waals surface area contributed by atoms with Crippen molar-refractivity contribution in [2.24, 2.45) is 0 Å². The summed E-state index contributed by atoms with van der Waals surface area (Å²) in [7, 11) is 0. The maximum Gasteiger partial charge on any atom is 0.323 e. The summed E-state index contributed by atoms with van der Waals surface area (Å²) >= 11 is 0. The number of ether oxygens (including phenoxy) is 1. The summed E-state index contributed by atoms with van der Waals surface area (Å²) in [5, 5.41) is 2.78. The minimum Gasteiger partial charge on any atom is -0.464 e. The summed E-state index contributed by atoms with van der Waals surface area (Å²) in [6.45, 7) is 2.25. The number of rotatable bonds is 5. The molecule has 0 spiro atoms. The molecule has 106 valence electrons. The van der Waals surface area contributed by atoms with E-state index in [9.17, 15) is 8.78 Å². The first kappa shape index (κ1) is 13.9. The van der Waals surface area contributed by atoms with Gasteiger partial charge in [0, 0.05) is 18.2 Å². The Labute approximate surface area is 114 Å². The van der Waals surface area contributed by atoms with Gasteiger partial charge in [-0.1, -0.05) is 6.07 Å². The Morgan fingerprint density at radius 3 is 2.75 bits per heavy atom. The molecule has 1 heterocycles. The lowest BCUT2D eigenvalue weighted by molar-refractivity contribution is 0.312. The number of aromatic nitrogens is 3. The Bertz CT molecular complexity index is 608. The number of nitrogens with zero attached hydrogens (tertiary/aromatic N) is 3. The highest BCUT2D eigenvalue weighted by molar-refractivity contribution is 5.34. The van der Waals surface area contributed by atoms with Gasteiger partial charge in [-0.15, -0.1) is 0 Å². The number of nitrogens with one attached hydrogen (secondary N) is 1. The fourth-order valence-corrected chi connectivity index (χ4v) is 1.48. The highest BCUT2D eigenvalue weighted by Crippen LogP contribution is 2.13. The van der Waals surface area contributed by atoms with E-state index < -0.39 is 11.6 Å². The van der Waals surface area contributed by atoms with Crippen LogP contribution in [-0.4, -0.2) is 21.6 Å². The molecule has 0 saturated carbocycles. The molecule has 0 fully saturated rings. The third-order valence-corrected chi connectivity index (χ3v) is 2.36. The van der Waals surface area contributed by atoms with E-state index in [0.717, 1.165) is 6.07 Å². The van der Waals surface area contributed by atoms with E-state index in [4.69, 9.17) is 10.5 Å². The quantitative estimate of drug-likeness (QED) is 0.868. The first-order chi connectivity index (χ1) is 9.58. The van der Waals surface area contributed by atoms with Crippen LogP contribution < -0.4 is 15.8 Å². The summed E-state index contributed by atoms with van der Waals surface area (Å²) in [5.74, 6) is -1.13. The van der Waals surface area contributed by atoms with E-state index in [1.807, 2.05) is 0 Å². The molecule has 0 aliphatic heterocycles. The van der Waals surface area contributed by atoms with E-state index in [-0.39, 0.29) is 30.0 Å². The van der Waals surface area contributed by atoms with Crippen LogP contribution in [0.4, 0.5) is 20.7 Å². The molecule has 6 nitrogen and oxygen atoms in total. The van der Waals surface area contributed by atoms with E-state index in [1.54, 1.807) is 6.92 Å². The van der Waals surface area contributed by atoms with Gasteiger partial charge in [-0.05, 0) is 13.0 Å². The molecule has 2 rings (SSSR count). The molecule has 0 aliphatic carbocycles. The molecule has 0 unspecified atom stereocenters. The smallest absolute Gasteiger partial charge is 0.323 e. The molecule has 1 aromatic carbocycles. The Morgan fingerprint density at radius 2 is 2.05 bits per heavy atom. The minimum absolute atomic E-state index is 0.00877. The average Bonchev–Trinajstić information content (AvgIpc) is 2.37. The highest BCUT2D eigenvalue weighted by Gasteiger charge is 2.07. The second-order valence-corrected chi connectivity index (χ2v) is 3.82. The predicted octanol–water partition coefficient (Wildman–Crippen LogP) is 1.74. The van der Waals surface area contributed by atoms with E-state index >= 15 is 0 Å². The number of hydrogen-bond donors (Lipinski definition) is 2. The molecule has 0 aliphatic rings. The topological polar surface area (TPSA) is 86.0 Å². The number of nitrogen functional groups attached to an aromatic ring is 1. The highest BCUT2D eigenvalue weighted by atomic mass is 19.1. The molecule has 0 radical (unpaired) electrons. The van der Waals surface area contributed by atoms with Gasteiger partial charge in [0.15, 0.2) is 0 Å². The third kappa shape index (κ3) is 3.50. The van der Waals surface area contributed by atoms with Crippen LogP contribution in [0.1, 0.15) is 12.5 Å². The van der Waals surface area contributed by atoms with Crippen LogP contribution in [0.2, 0.25) is 0 Å². The average molecular weight is 281 g/mol. The van der Waals surface area contributed by atoms with Gasteiger partial charge in [0.2, 0.25) is 11.9 Å². The molecule has 3 N–H and O–H groups in total. The van der Waals surface area contributed by atoms with Gasteiger partial charge in [0.25, 0.3) is 0 Å². The van der Waals surface area contributed by atoms with Crippen molar-refractivity contribution in [3.63, 3.8) is 0 Å². The number of halogens is 2. The molecule has 2 aromatic rings. The fraction of sp³-hybridized carbons (Fsp3) is 0.250. The van der Waals surface area contributed by atoms with E-state index in [2.05, 4.69) is 20.3 Å². The molecule has 8 heteroatoms. The first-order valence-electron chi connectivity index (χ1n) is 5.90. The molecule has 0 amide bonds. The molecular formula is C12H13F2N5O. The maximum absolute atomic E-state index is 13.4. The SMILES string of the molecule is CCOc1nc(N)nc(NCc2ccc(F)cc2F)n1. The summed E-state index contributed by atoms with van der Waals surface area (Å²) in [5.41, 5.74) is 5.78. The number of hydrogen-bond acceptors (Lipinski definition) is 6. The van der Waals surface area contributed by atoms with Crippen LogP contribution >= 0.6 is 0 Å². The first-order valence-corrected chi connectivity index (χ1v) is 5.90. The summed E-state index contributed by atoms with van der Waals surface area (Å²) < 4.78 is 31.3. The van der Waals surface area contributed by atoms with E-state index in [0.29, 0.717) is 6.61 Å². The molecule has 0 atom stereocenters. The number of benzene rings is 1. The lowest BCUT2D eigenvalue weighted by atomic mass is 10.2. The van der Waals surface area contributed by atoms with Crippen LogP contribution in [0.5, 0.6) is 6.01 Å². The summed E-state index contributed by atoms with van der Waals surface area (Å²) in [4.78, 5) is 11.6. The second-order valence-electron chi connectivity index (χ2n) is 3.82. The lowest BCUT2D eigenvalue weighted by Crippen LogP contribution is -2.10. The Morgan fingerprint density at radius 1 is 1.25 bits per heavy atom. The van der Waals surface area contributed by atoms with Gasteiger partial charge < -0.3 is 15.8 Å². The Kier molecular flexibility index (Phi) is 4.24. The molecule has 20 heavy (non-hydrogen) atoms. The van der Waals surface area contributed by atoms with Crippen molar-refractivity contribution in [2.45, 2.75) is 13.5 Å². The normalized spacial score (nSPS) is 10.3. The van der Waals surface area contributed by atoms with Crippen LogP contribution in [0.25, 0.3) is 0 Å². The van der Waals surface area contributed by atoms with Crippen molar-refractivity contribution in [1.82, 2.24) is 15.0 Å². The van der Waals surface area contributed by atoms with Crippen molar-refractivity contribution in [1.29, 1.82) is 0 Å². The monoisotopic (exact) mass is 281 g/mol. The van der Waals surface area contributed by atoms with Crippen molar-refractivity contribution >= 4 is 11.9 Å². The van der Waals surface area contributed by atoms with Gasteiger partial charge in [0.05, 0.1) is 6.61 Å².